The number of carbonyl (C=O) groups is 4. The van der Waals surface area contributed by atoms with Gasteiger partial charge in [-0.1, -0.05) is 71.7 Å². The van der Waals surface area contributed by atoms with Crippen LogP contribution >= 0.6 is 11.6 Å². The summed E-state index contributed by atoms with van der Waals surface area (Å²) in [7, 11) is 3.19. The van der Waals surface area contributed by atoms with Gasteiger partial charge in [-0.2, -0.15) is 0 Å². The van der Waals surface area contributed by atoms with E-state index in [1.165, 1.54) is 11.9 Å². The van der Waals surface area contributed by atoms with Crippen LogP contribution in [0.1, 0.15) is 62.8 Å². The van der Waals surface area contributed by atoms with E-state index in [4.69, 9.17) is 11.6 Å². The predicted molar refractivity (Wildman–Crippen MR) is 201 cm³/mol. The number of imide groups is 2. The first-order valence-corrected chi connectivity index (χ1v) is 17.0. The normalized spacial score (nSPS) is 16.2. The SMILES string of the molecule is CN1C(=O)N(c2c(F)cc(C#Cc3ccccc3)cc2F)C(=O)CC1(C)C.CN1C(=O)N(c2ccc(C#Cc3ccccc3)cc2Cl)C(=O)CC1(C)C. The highest BCUT2D eigenvalue weighted by Crippen LogP contribution is 2.35. The molecule has 0 saturated carbocycles. The number of hydrogen-bond donors (Lipinski definition) is 0. The summed E-state index contributed by atoms with van der Waals surface area (Å²) in [6, 6.07) is 24.6. The number of urea groups is 2. The van der Waals surface area contributed by atoms with Crippen LogP contribution < -0.4 is 9.80 Å². The third-order valence-corrected chi connectivity index (χ3v) is 9.42. The highest BCUT2D eigenvalue weighted by atomic mass is 35.5. The highest BCUT2D eigenvalue weighted by molar-refractivity contribution is 6.35. The average molecular weight is 735 g/mol. The van der Waals surface area contributed by atoms with Gasteiger partial charge in [-0.05, 0) is 82.3 Å². The molecule has 0 bridgehead atoms. The van der Waals surface area contributed by atoms with Crippen molar-refractivity contribution in [1.82, 2.24) is 9.80 Å². The highest BCUT2D eigenvalue weighted by Gasteiger charge is 2.45. The second kappa shape index (κ2) is 15.3. The lowest BCUT2D eigenvalue weighted by Crippen LogP contribution is -2.60. The summed E-state index contributed by atoms with van der Waals surface area (Å²) in [6.45, 7) is 7.16. The lowest BCUT2D eigenvalue weighted by molar-refractivity contribution is -0.122. The van der Waals surface area contributed by atoms with Crippen LogP contribution in [0.5, 0.6) is 0 Å². The van der Waals surface area contributed by atoms with E-state index in [9.17, 15) is 28.0 Å². The minimum Gasteiger partial charge on any atom is -0.321 e. The molecule has 0 atom stereocenters. The molecule has 0 N–H and O–H groups in total. The van der Waals surface area contributed by atoms with Crippen molar-refractivity contribution >= 4 is 46.9 Å². The number of hydrogen-bond acceptors (Lipinski definition) is 4. The molecule has 11 heteroatoms. The van der Waals surface area contributed by atoms with E-state index in [1.54, 1.807) is 68.3 Å². The molecule has 2 heterocycles. The van der Waals surface area contributed by atoms with Crippen LogP contribution in [-0.2, 0) is 9.59 Å². The topological polar surface area (TPSA) is 81.2 Å². The fourth-order valence-electron chi connectivity index (χ4n) is 5.57. The number of rotatable bonds is 2. The van der Waals surface area contributed by atoms with Crippen LogP contribution in [0.15, 0.2) is 91.0 Å². The molecule has 2 aliphatic heterocycles. The average Bonchev–Trinajstić information content (AvgIpc) is 3.11. The Labute approximate surface area is 312 Å². The van der Waals surface area contributed by atoms with E-state index >= 15 is 0 Å². The Morgan fingerprint density at radius 2 is 0.981 bits per heavy atom. The van der Waals surface area contributed by atoms with E-state index in [-0.39, 0.29) is 30.3 Å². The molecular weight excluding hydrogens is 698 g/mol. The molecule has 0 unspecified atom stereocenters. The van der Waals surface area contributed by atoms with Gasteiger partial charge in [-0.3, -0.25) is 9.59 Å². The van der Waals surface area contributed by atoms with Crippen LogP contribution in [0.4, 0.5) is 29.7 Å². The summed E-state index contributed by atoms with van der Waals surface area (Å²) in [5.74, 6) is 8.67. The summed E-state index contributed by atoms with van der Waals surface area (Å²) in [6.07, 6.45) is 0.199. The third-order valence-electron chi connectivity index (χ3n) is 9.12. The minimum atomic E-state index is -1.01. The molecule has 270 valence electrons. The standard InChI is InChI=1S/C21H19ClN2O2.C21H18F2N2O2/c1-21(2)14-19(25)24(20(26)23(21)3)18-12-11-16(13-17(18)22)10-9-15-7-5-4-6-8-15;1-21(2)13-18(26)25(20(27)24(21)3)19-16(22)11-15(12-17(19)23)10-9-14-7-5-4-6-8-14/h4-8,11-13H,14H2,1-3H3;4-8,11-12H,13H2,1-3H3. The van der Waals surface area contributed by atoms with Crippen molar-refractivity contribution in [3.63, 3.8) is 0 Å². The number of benzene rings is 4. The molecular formula is C42H37ClF2N4O4. The number of halogens is 3. The predicted octanol–water partition coefficient (Wildman–Crippen LogP) is 8.24. The van der Waals surface area contributed by atoms with Crippen molar-refractivity contribution in [1.29, 1.82) is 0 Å². The maximum atomic E-state index is 14.6. The monoisotopic (exact) mass is 734 g/mol. The second-order valence-corrected chi connectivity index (χ2v) is 14.2. The van der Waals surface area contributed by atoms with E-state index in [0.29, 0.717) is 26.7 Å². The van der Waals surface area contributed by atoms with Gasteiger partial charge in [0.2, 0.25) is 11.8 Å². The summed E-state index contributed by atoms with van der Waals surface area (Å²) >= 11 is 6.36. The Morgan fingerprint density at radius 1 is 0.566 bits per heavy atom. The van der Waals surface area contributed by atoms with Crippen molar-refractivity contribution in [2.75, 3.05) is 23.9 Å². The zero-order valence-corrected chi connectivity index (χ0v) is 30.9. The summed E-state index contributed by atoms with van der Waals surface area (Å²) in [5.41, 5.74) is 0.908. The molecule has 4 aromatic rings. The molecule has 2 fully saturated rings. The first kappa shape index (κ1) is 38.3. The quantitative estimate of drug-likeness (QED) is 0.195. The Hall–Kier alpha value is -5.97. The molecule has 6 rings (SSSR count). The third kappa shape index (κ3) is 8.41. The largest absolute Gasteiger partial charge is 0.331 e. The summed E-state index contributed by atoms with van der Waals surface area (Å²) in [4.78, 5) is 54.6. The Bertz CT molecular complexity index is 2200. The van der Waals surface area contributed by atoms with Crippen LogP contribution in [0.25, 0.3) is 0 Å². The van der Waals surface area contributed by atoms with E-state index in [0.717, 1.165) is 22.6 Å². The van der Waals surface area contributed by atoms with Gasteiger partial charge < -0.3 is 9.80 Å². The van der Waals surface area contributed by atoms with Crippen molar-refractivity contribution in [3.05, 3.63) is 130 Å². The van der Waals surface area contributed by atoms with Gasteiger partial charge in [0.05, 0.1) is 23.6 Å². The van der Waals surface area contributed by atoms with Crippen LogP contribution in [0, 0.1) is 35.3 Å². The molecule has 0 aromatic heterocycles. The van der Waals surface area contributed by atoms with E-state index in [2.05, 4.69) is 23.7 Å². The van der Waals surface area contributed by atoms with Crippen LogP contribution in [0.3, 0.4) is 0 Å². The lowest BCUT2D eigenvalue weighted by atomic mass is 9.95. The van der Waals surface area contributed by atoms with Crippen LogP contribution in [-0.4, -0.2) is 58.8 Å². The number of anilines is 2. The second-order valence-electron chi connectivity index (χ2n) is 13.8. The number of amides is 6. The van der Waals surface area contributed by atoms with Gasteiger partial charge in [0, 0.05) is 47.4 Å². The van der Waals surface area contributed by atoms with E-state index < -0.39 is 40.3 Å². The summed E-state index contributed by atoms with van der Waals surface area (Å²) in [5, 5.41) is 0.319. The Kier molecular flexibility index (Phi) is 11.1. The molecule has 0 aliphatic carbocycles. The van der Waals surface area contributed by atoms with E-state index in [1.807, 2.05) is 50.2 Å². The van der Waals surface area contributed by atoms with Crippen molar-refractivity contribution < 1.29 is 28.0 Å². The maximum absolute atomic E-state index is 14.6. The molecule has 0 spiro atoms. The van der Waals surface area contributed by atoms with Crippen molar-refractivity contribution in [3.8, 4) is 23.7 Å². The van der Waals surface area contributed by atoms with Gasteiger partial charge in [0.25, 0.3) is 0 Å². The minimum absolute atomic E-state index is 0.0380. The Morgan fingerprint density at radius 3 is 1.45 bits per heavy atom. The Balaban J connectivity index is 0.000000204. The van der Waals surface area contributed by atoms with Gasteiger partial charge in [-0.15, -0.1) is 0 Å². The van der Waals surface area contributed by atoms with Gasteiger partial charge in [0.15, 0.2) is 11.6 Å². The first-order chi connectivity index (χ1) is 25.0. The number of carbonyl (C=O) groups excluding carboxylic acids is 4. The molecule has 0 radical (unpaired) electrons. The van der Waals surface area contributed by atoms with Gasteiger partial charge in [-0.25, -0.2) is 28.2 Å². The molecule has 2 aliphatic rings. The molecule has 2 saturated heterocycles. The molecule has 53 heavy (non-hydrogen) atoms. The summed E-state index contributed by atoms with van der Waals surface area (Å²) < 4.78 is 29.2. The van der Waals surface area contributed by atoms with Crippen molar-refractivity contribution in [2.45, 2.75) is 51.6 Å². The lowest BCUT2D eigenvalue weighted by Gasteiger charge is -2.43. The van der Waals surface area contributed by atoms with Crippen molar-refractivity contribution in [2.24, 2.45) is 0 Å². The fourth-order valence-corrected chi connectivity index (χ4v) is 5.84. The first-order valence-electron chi connectivity index (χ1n) is 16.6. The van der Waals surface area contributed by atoms with Gasteiger partial charge >= 0.3 is 12.1 Å². The number of nitrogens with zero attached hydrogens (tertiary/aromatic N) is 4. The molecule has 8 nitrogen and oxygen atoms in total. The smallest absolute Gasteiger partial charge is 0.321 e. The zero-order chi connectivity index (χ0) is 38.7. The molecule has 6 amide bonds. The molecule has 4 aromatic carbocycles. The maximum Gasteiger partial charge on any atom is 0.331 e. The van der Waals surface area contributed by atoms with Crippen LogP contribution in [0.2, 0.25) is 5.02 Å². The zero-order valence-electron chi connectivity index (χ0n) is 30.1. The van der Waals surface area contributed by atoms with Gasteiger partial charge in [0.1, 0.15) is 5.69 Å². The fraction of sp³-hybridized carbons (Fsp3) is 0.238.